The van der Waals surface area contributed by atoms with Gasteiger partial charge in [0.05, 0.1) is 55.5 Å². The molecule has 0 spiro atoms. The molecule has 0 aliphatic heterocycles. The zero-order valence-corrected chi connectivity index (χ0v) is 39.7. The fourth-order valence-electron chi connectivity index (χ4n) is 11.9. The highest BCUT2D eigenvalue weighted by molar-refractivity contribution is 6.15. The molecule has 0 saturated heterocycles. The highest BCUT2D eigenvalue weighted by Crippen LogP contribution is 2.42. The molecule has 8 nitrogen and oxygen atoms in total. The van der Waals surface area contributed by atoms with E-state index in [2.05, 4.69) is 249 Å². The average Bonchev–Trinajstić information content (AvgIpc) is 4.24. The van der Waals surface area contributed by atoms with Gasteiger partial charge in [-0.2, -0.15) is 0 Å². The first-order valence-corrected chi connectivity index (χ1v) is 25.0. The summed E-state index contributed by atoms with van der Waals surface area (Å²) in [5.41, 5.74) is 15.5. The van der Waals surface area contributed by atoms with Gasteiger partial charge in [0.2, 0.25) is 0 Å². The molecule has 0 aliphatic rings. The van der Waals surface area contributed by atoms with Gasteiger partial charge in [0.15, 0.2) is 11.6 Å². The van der Waals surface area contributed by atoms with Crippen molar-refractivity contribution >= 4 is 98.3 Å². The van der Waals surface area contributed by atoms with E-state index in [1.54, 1.807) is 0 Å². The van der Waals surface area contributed by atoms with Gasteiger partial charge in [-0.15, -0.1) is 10.2 Å². The van der Waals surface area contributed by atoms with Crippen molar-refractivity contribution in [2.75, 3.05) is 0 Å². The molecular weight excluding hydrogens is 905 g/mol. The number of benzene rings is 10. The van der Waals surface area contributed by atoms with Crippen LogP contribution in [0, 0.1) is 0 Å². The number of aromatic nitrogens is 8. The van der Waals surface area contributed by atoms with Gasteiger partial charge in [0.25, 0.3) is 0 Å². The maximum Gasteiger partial charge on any atom is 0.188 e. The van der Waals surface area contributed by atoms with E-state index >= 15 is 0 Å². The van der Waals surface area contributed by atoms with Gasteiger partial charge in [-0.25, -0.2) is 9.97 Å². The number of nitrogens with zero attached hydrogens (tertiary/aromatic N) is 8. The van der Waals surface area contributed by atoms with E-state index in [4.69, 9.17) is 20.2 Å². The second-order valence-electron chi connectivity index (χ2n) is 19.0. The van der Waals surface area contributed by atoms with Crippen molar-refractivity contribution in [3.05, 3.63) is 243 Å². The van der Waals surface area contributed by atoms with E-state index in [1.165, 1.54) is 21.5 Å². The molecule has 16 rings (SSSR count). The molecule has 0 atom stereocenters. The van der Waals surface area contributed by atoms with Crippen LogP contribution < -0.4 is 0 Å². The summed E-state index contributed by atoms with van der Waals surface area (Å²) in [6.45, 7) is 0. The van der Waals surface area contributed by atoms with Crippen molar-refractivity contribution in [2.45, 2.75) is 0 Å². The molecule has 6 heterocycles. The lowest BCUT2D eigenvalue weighted by molar-refractivity contribution is 0.919. The number of para-hydroxylation sites is 6. The van der Waals surface area contributed by atoms with E-state index in [0.717, 1.165) is 99.6 Å². The van der Waals surface area contributed by atoms with Gasteiger partial charge in [-0.3, -0.25) is 9.13 Å². The van der Waals surface area contributed by atoms with Gasteiger partial charge < -0.3 is 9.13 Å². The van der Waals surface area contributed by atoms with E-state index < -0.39 is 0 Å². The van der Waals surface area contributed by atoms with E-state index in [0.29, 0.717) is 22.7 Å². The summed E-state index contributed by atoms with van der Waals surface area (Å²) in [5, 5.41) is 19.9. The van der Waals surface area contributed by atoms with E-state index in [-0.39, 0.29) is 0 Å². The third-order valence-corrected chi connectivity index (χ3v) is 15.1. The van der Waals surface area contributed by atoms with Crippen LogP contribution in [0.2, 0.25) is 0 Å². The van der Waals surface area contributed by atoms with E-state index in [9.17, 15) is 0 Å². The Kier molecular flexibility index (Phi) is 8.58. The smallest absolute Gasteiger partial charge is 0.188 e. The van der Waals surface area contributed by atoms with Crippen LogP contribution >= 0.6 is 0 Å². The van der Waals surface area contributed by atoms with Crippen molar-refractivity contribution in [1.29, 1.82) is 0 Å². The summed E-state index contributed by atoms with van der Waals surface area (Å²) >= 11 is 0. The largest absolute Gasteiger partial charge is 0.309 e. The SMILES string of the molecule is c1ccc(-c2nc3c(-n4c5ccccc5c5cc(-n6c7ccccc7c7ccccc76)ccc54)nnc(-n4c5ccccc5c5cc(-n6c7ccccc7c7ccccc76)ccc54)c3nc2-c2ccccc2)cc1. The summed E-state index contributed by atoms with van der Waals surface area (Å²) in [7, 11) is 0. The Morgan fingerprint density at radius 1 is 0.230 bits per heavy atom. The van der Waals surface area contributed by atoms with Crippen LogP contribution in [0.3, 0.4) is 0 Å². The fourth-order valence-corrected chi connectivity index (χ4v) is 11.9. The number of hydrogen-bond donors (Lipinski definition) is 0. The third-order valence-electron chi connectivity index (χ3n) is 15.1. The van der Waals surface area contributed by atoms with Crippen LogP contribution in [-0.4, -0.2) is 38.4 Å². The maximum atomic E-state index is 5.75. The molecule has 74 heavy (non-hydrogen) atoms. The minimum absolute atomic E-state index is 0.596. The first-order valence-electron chi connectivity index (χ1n) is 25.0. The average molecular weight is 945 g/mol. The summed E-state index contributed by atoms with van der Waals surface area (Å²) in [6, 6.07) is 86.0. The van der Waals surface area contributed by atoms with Gasteiger partial charge >= 0.3 is 0 Å². The van der Waals surface area contributed by atoms with Gasteiger partial charge in [0, 0.05) is 65.6 Å². The highest BCUT2D eigenvalue weighted by Gasteiger charge is 2.26. The Balaban J connectivity index is 0.985. The first-order chi connectivity index (χ1) is 36.7. The van der Waals surface area contributed by atoms with Crippen molar-refractivity contribution in [3.8, 4) is 45.5 Å². The molecule has 0 N–H and O–H groups in total. The minimum atomic E-state index is 0.596. The lowest BCUT2D eigenvalue weighted by atomic mass is 10.0. The first kappa shape index (κ1) is 40.5. The molecular formula is C66H40N8. The second-order valence-corrected chi connectivity index (χ2v) is 19.0. The normalized spacial score (nSPS) is 12.1. The Morgan fingerprint density at radius 2 is 0.500 bits per heavy atom. The topological polar surface area (TPSA) is 71.3 Å². The van der Waals surface area contributed by atoms with Gasteiger partial charge in [0.1, 0.15) is 11.0 Å². The maximum absolute atomic E-state index is 5.75. The molecule has 0 bridgehead atoms. The van der Waals surface area contributed by atoms with Crippen LogP contribution in [0.4, 0.5) is 0 Å². The standard InChI is InChI=1S/C66H40N8/c1-3-19-41(20-4-1)61-62(42-21-5-2-6-22-42)68-64-63(67-61)65(73-57-33-17-11-27-49(57)51-39-43(35-37-59(51)73)71-53-29-13-7-23-45(53)46-24-8-14-30-54(46)71)69-70-66(64)74-58-34-18-12-28-50(58)52-40-44(36-38-60(52)74)72-55-31-15-9-25-47(55)48-26-10-16-32-56(48)72/h1-40H. The number of fused-ring (bicyclic) bond motifs is 13. The molecule has 0 unspecified atom stereocenters. The Bertz CT molecular complexity index is 4540. The lowest BCUT2D eigenvalue weighted by Crippen LogP contribution is -2.10. The highest BCUT2D eigenvalue weighted by atomic mass is 15.3. The number of rotatable bonds is 6. The molecule has 10 aromatic carbocycles. The molecule has 0 radical (unpaired) electrons. The zero-order chi connectivity index (χ0) is 48.4. The van der Waals surface area contributed by atoms with Crippen LogP contribution in [-0.2, 0) is 0 Å². The summed E-state index contributed by atoms with van der Waals surface area (Å²) < 4.78 is 9.21. The van der Waals surface area contributed by atoms with Gasteiger partial charge in [-0.1, -0.05) is 170 Å². The van der Waals surface area contributed by atoms with Crippen molar-refractivity contribution in [3.63, 3.8) is 0 Å². The molecule has 6 aromatic heterocycles. The van der Waals surface area contributed by atoms with Crippen LogP contribution in [0.5, 0.6) is 0 Å². The van der Waals surface area contributed by atoms with Gasteiger partial charge in [-0.05, 0) is 72.8 Å². The Morgan fingerprint density at radius 3 is 0.838 bits per heavy atom. The monoisotopic (exact) mass is 944 g/mol. The zero-order valence-electron chi connectivity index (χ0n) is 39.7. The molecule has 8 heteroatoms. The molecule has 0 amide bonds. The Hall–Kier alpha value is -10.2. The Labute approximate surface area is 422 Å². The minimum Gasteiger partial charge on any atom is -0.309 e. The number of hydrogen-bond acceptors (Lipinski definition) is 4. The van der Waals surface area contributed by atoms with Crippen molar-refractivity contribution in [2.24, 2.45) is 0 Å². The quantitative estimate of drug-likeness (QED) is 0.166. The third kappa shape index (κ3) is 5.78. The van der Waals surface area contributed by atoms with Crippen LogP contribution in [0.1, 0.15) is 0 Å². The second kappa shape index (κ2) is 15.7. The summed E-state index contributed by atoms with van der Waals surface area (Å²) in [6.07, 6.45) is 0. The predicted molar refractivity (Wildman–Crippen MR) is 303 cm³/mol. The summed E-state index contributed by atoms with van der Waals surface area (Å²) in [4.78, 5) is 11.5. The molecule has 344 valence electrons. The predicted octanol–water partition coefficient (Wildman–Crippen LogP) is 16.1. The summed E-state index contributed by atoms with van der Waals surface area (Å²) in [5.74, 6) is 1.19. The molecule has 0 saturated carbocycles. The molecule has 0 aliphatic carbocycles. The van der Waals surface area contributed by atoms with Crippen LogP contribution in [0.25, 0.3) is 144 Å². The van der Waals surface area contributed by atoms with Crippen molar-refractivity contribution in [1.82, 2.24) is 38.4 Å². The molecule has 16 aromatic rings. The van der Waals surface area contributed by atoms with Crippen LogP contribution in [0.15, 0.2) is 243 Å². The van der Waals surface area contributed by atoms with E-state index in [1.807, 2.05) is 12.1 Å². The van der Waals surface area contributed by atoms with Crippen molar-refractivity contribution < 1.29 is 0 Å². The lowest BCUT2D eigenvalue weighted by Gasteiger charge is -2.17. The fraction of sp³-hybridized carbons (Fsp3) is 0. The molecule has 0 fully saturated rings.